The van der Waals surface area contributed by atoms with Crippen LogP contribution in [0, 0.1) is 5.92 Å². The summed E-state index contributed by atoms with van der Waals surface area (Å²) in [6.45, 7) is 4.27. The number of nitrogens with one attached hydrogen (secondary N) is 1. The lowest BCUT2D eigenvalue weighted by molar-refractivity contribution is -0.0853. The van der Waals surface area contributed by atoms with Crippen LogP contribution in [0.2, 0.25) is 0 Å². The highest BCUT2D eigenvalue weighted by molar-refractivity contribution is 9.11. The van der Waals surface area contributed by atoms with E-state index in [1.54, 1.807) is 11.3 Å². The number of thioether (sulfide) groups is 1. The summed E-state index contributed by atoms with van der Waals surface area (Å²) in [4.78, 5) is 0. The molecule has 2 aliphatic heterocycles. The first-order valence-electron chi connectivity index (χ1n) is 7.91. The topological polar surface area (TPSA) is 21.3 Å². The van der Waals surface area contributed by atoms with Crippen molar-refractivity contribution in [2.24, 2.45) is 5.92 Å². The Hall–Kier alpha value is 0.450. The molecule has 0 amide bonds. The molecular weight excluding hydrogens is 366 g/mol. The fourth-order valence-electron chi connectivity index (χ4n) is 3.56. The molecule has 2 saturated heterocycles. The van der Waals surface area contributed by atoms with Crippen LogP contribution < -0.4 is 5.32 Å². The number of hydrogen-bond donors (Lipinski definition) is 1. The summed E-state index contributed by atoms with van der Waals surface area (Å²) in [7, 11) is 0. The summed E-state index contributed by atoms with van der Waals surface area (Å²) in [6.07, 6.45) is 4.82. The van der Waals surface area contributed by atoms with E-state index in [4.69, 9.17) is 4.74 Å². The molecular formula is C16H24BrNOS2. The monoisotopic (exact) mass is 389 g/mol. The summed E-state index contributed by atoms with van der Waals surface area (Å²) in [5, 5.41) is 6.11. The molecule has 3 atom stereocenters. The van der Waals surface area contributed by atoms with Crippen molar-refractivity contribution in [3.05, 3.63) is 20.8 Å². The largest absolute Gasteiger partial charge is 0.374 e. The summed E-state index contributed by atoms with van der Waals surface area (Å²) in [5.74, 6) is 3.16. The molecule has 5 heteroatoms. The van der Waals surface area contributed by atoms with Gasteiger partial charge in [0, 0.05) is 18.4 Å². The Kier molecular flexibility index (Phi) is 5.71. The van der Waals surface area contributed by atoms with Crippen molar-refractivity contribution in [3.63, 3.8) is 0 Å². The average Bonchev–Trinajstić information content (AvgIpc) is 3.10. The van der Waals surface area contributed by atoms with Crippen molar-refractivity contribution in [3.8, 4) is 0 Å². The van der Waals surface area contributed by atoms with Crippen molar-refractivity contribution < 1.29 is 4.74 Å². The molecule has 2 nitrogen and oxygen atoms in total. The maximum Gasteiger partial charge on any atom is 0.0783 e. The number of rotatable bonds is 5. The predicted molar refractivity (Wildman–Crippen MR) is 96.4 cm³/mol. The Labute approximate surface area is 144 Å². The predicted octanol–water partition coefficient (Wildman–Crippen LogP) is 4.85. The van der Waals surface area contributed by atoms with Crippen LogP contribution in [0.5, 0.6) is 0 Å². The lowest BCUT2D eigenvalue weighted by Crippen LogP contribution is -2.43. The van der Waals surface area contributed by atoms with Crippen LogP contribution in [-0.2, 0) is 4.74 Å². The molecule has 1 spiro atoms. The highest BCUT2D eigenvalue weighted by Gasteiger charge is 2.42. The van der Waals surface area contributed by atoms with E-state index in [0.717, 1.165) is 13.2 Å². The maximum atomic E-state index is 6.20. The second-order valence-corrected chi connectivity index (χ2v) is 9.60. The van der Waals surface area contributed by atoms with Gasteiger partial charge in [-0.15, -0.1) is 11.3 Å². The molecule has 0 bridgehead atoms. The highest BCUT2D eigenvalue weighted by atomic mass is 79.9. The van der Waals surface area contributed by atoms with Crippen LogP contribution in [0.1, 0.15) is 44.2 Å². The van der Waals surface area contributed by atoms with Gasteiger partial charge < -0.3 is 10.1 Å². The lowest BCUT2D eigenvalue weighted by atomic mass is 9.79. The maximum absolute atomic E-state index is 6.20. The SMILES string of the molecule is CCCNC(c1csc(Br)c1)C1CCOC2(CCSC2)C1. The third kappa shape index (κ3) is 3.86. The molecule has 1 aromatic rings. The zero-order chi connectivity index (χ0) is 14.7. The zero-order valence-electron chi connectivity index (χ0n) is 12.6. The molecule has 2 aliphatic rings. The van der Waals surface area contributed by atoms with E-state index in [1.165, 1.54) is 46.5 Å². The third-order valence-electron chi connectivity index (χ3n) is 4.63. The van der Waals surface area contributed by atoms with E-state index in [2.05, 4.69) is 51.4 Å². The molecule has 0 aliphatic carbocycles. The van der Waals surface area contributed by atoms with Gasteiger partial charge in [0.05, 0.1) is 9.39 Å². The number of halogens is 1. The first-order valence-corrected chi connectivity index (χ1v) is 10.7. The van der Waals surface area contributed by atoms with Gasteiger partial charge in [-0.3, -0.25) is 0 Å². The smallest absolute Gasteiger partial charge is 0.0783 e. The Morgan fingerprint density at radius 2 is 2.48 bits per heavy atom. The Balaban J connectivity index is 1.75. The minimum Gasteiger partial charge on any atom is -0.374 e. The Morgan fingerprint density at radius 1 is 1.57 bits per heavy atom. The number of thiophene rings is 1. The molecule has 1 aromatic heterocycles. The Morgan fingerprint density at radius 3 is 3.14 bits per heavy atom. The van der Waals surface area contributed by atoms with Crippen LogP contribution in [-0.4, -0.2) is 30.3 Å². The number of hydrogen-bond acceptors (Lipinski definition) is 4. The van der Waals surface area contributed by atoms with Crippen molar-refractivity contribution >= 4 is 39.0 Å². The molecule has 1 N–H and O–H groups in total. The molecule has 3 heterocycles. The summed E-state index contributed by atoms with van der Waals surface area (Å²) < 4.78 is 7.43. The van der Waals surface area contributed by atoms with Crippen LogP contribution in [0.15, 0.2) is 15.2 Å². The van der Waals surface area contributed by atoms with E-state index in [1.807, 2.05) is 0 Å². The molecule has 0 aromatic carbocycles. The van der Waals surface area contributed by atoms with E-state index in [9.17, 15) is 0 Å². The standard InChI is InChI=1S/C16H24BrNOS2/c1-2-5-18-15(13-8-14(17)21-10-13)12-3-6-19-16(9-12)4-7-20-11-16/h8,10,12,15,18H,2-7,9,11H2,1H3. The minimum atomic E-state index is 0.174. The average molecular weight is 390 g/mol. The van der Waals surface area contributed by atoms with Gasteiger partial charge in [-0.1, -0.05) is 6.92 Å². The van der Waals surface area contributed by atoms with Gasteiger partial charge in [-0.25, -0.2) is 0 Å². The summed E-state index contributed by atoms with van der Waals surface area (Å²) in [5.41, 5.74) is 1.63. The van der Waals surface area contributed by atoms with Crippen LogP contribution in [0.4, 0.5) is 0 Å². The van der Waals surface area contributed by atoms with Gasteiger partial charge in [-0.2, -0.15) is 11.8 Å². The number of ether oxygens (including phenoxy) is 1. The lowest BCUT2D eigenvalue weighted by Gasteiger charge is -2.41. The molecule has 0 saturated carbocycles. The van der Waals surface area contributed by atoms with Gasteiger partial charge in [-0.05, 0) is 76.8 Å². The van der Waals surface area contributed by atoms with Gasteiger partial charge in [0.2, 0.25) is 0 Å². The first kappa shape index (κ1) is 16.3. The van der Waals surface area contributed by atoms with Crippen LogP contribution in [0.25, 0.3) is 0 Å². The van der Waals surface area contributed by atoms with Crippen molar-refractivity contribution in [1.29, 1.82) is 0 Å². The highest BCUT2D eigenvalue weighted by Crippen LogP contribution is 2.44. The summed E-state index contributed by atoms with van der Waals surface area (Å²) >= 11 is 7.47. The fourth-order valence-corrected chi connectivity index (χ4v) is 6.15. The van der Waals surface area contributed by atoms with Gasteiger partial charge in [0.25, 0.3) is 0 Å². The van der Waals surface area contributed by atoms with Crippen LogP contribution >= 0.6 is 39.0 Å². The molecule has 21 heavy (non-hydrogen) atoms. The second kappa shape index (κ2) is 7.35. The van der Waals surface area contributed by atoms with Gasteiger partial charge in [0.15, 0.2) is 0 Å². The van der Waals surface area contributed by atoms with Gasteiger partial charge in [0.1, 0.15) is 0 Å². The van der Waals surface area contributed by atoms with Crippen molar-refractivity contribution in [2.45, 2.75) is 44.2 Å². The molecule has 2 fully saturated rings. The Bertz CT molecular complexity index is 459. The third-order valence-corrected chi connectivity index (χ3v) is 7.38. The van der Waals surface area contributed by atoms with Crippen molar-refractivity contribution in [2.75, 3.05) is 24.7 Å². The fraction of sp³-hybridized carbons (Fsp3) is 0.750. The summed E-state index contributed by atoms with van der Waals surface area (Å²) in [6, 6.07) is 2.78. The normalized spacial score (nSPS) is 30.9. The molecule has 3 unspecified atom stereocenters. The van der Waals surface area contributed by atoms with E-state index in [0.29, 0.717) is 12.0 Å². The van der Waals surface area contributed by atoms with E-state index in [-0.39, 0.29) is 5.60 Å². The molecule has 118 valence electrons. The molecule has 3 rings (SSSR count). The quantitative estimate of drug-likeness (QED) is 0.776. The minimum absolute atomic E-state index is 0.174. The van der Waals surface area contributed by atoms with E-state index >= 15 is 0 Å². The van der Waals surface area contributed by atoms with Crippen LogP contribution in [0.3, 0.4) is 0 Å². The van der Waals surface area contributed by atoms with Crippen molar-refractivity contribution in [1.82, 2.24) is 5.32 Å². The zero-order valence-corrected chi connectivity index (χ0v) is 15.8. The molecule has 0 radical (unpaired) electrons. The van der Waals surface area contributed by atoms with Gasteiger partial charge >= 0.3 is 0 Å². The second-order valence-electron chi connectivity index (χ2n) is 6.20. The van der Waals surface area contributed by atoms with E-state index < -0.39 is 0 Å². The first-order chi connectivity index (χ1) is 10.2.